The number of aromatic amines is 1. The van der Waals surface area contributed by atoms with E-state index in [1.54, 1.807) is 6.07 Å². The molecule has 0 bridgehead atoms. The van der Waals surface area contributed by atoms with Gasteiger partial charge in [-0.2, -0.15) is 0 Å². The quantitative estimate of drug-likeness (QED) is 0.548. The molecule has 0 aliphatic rings. The second-order valence-corrected chi connectivity index (χ2v) is 5.32. The van der Waals surface area contributed by atoms with Crippen molar-refractivity contribution in [2.45, 2.75) is 12.5 Å². The van der Waals surface area contributed by atoms with E-state index in [-0.39, 0.29) is 5.69 Å². The van der Waals surface area contributed by atoms with E-state index in [2.05, 4.69) is 15.3 Å². The molecule has 0 spiro atoms. The third kappa shape index (κ3) is 2.89. The summed E-state index contributed by atoms with van der Waals surface area (Å²) in [6, 6.07) is 7.76. The topological polar surface area (TPSA) is 138 Å². The molecule has 0 saturated heterocycles. The molecule has 122 valence electrons. The number of carboxylic acids is 1. The van der Waals surface area contributed by atoms with Crippen LogP contribution in [-0.2, 0) is 9.59 Å². The number of H-pyrrole nitrogens is 1. The first kappa shape index (κ1) is 15.5. The van der Waals surface area contributed by atoms with Gasteiger partial charge in [-0.15, -0.1) is 0 Å². The van der Waals surface area contributed by atoms with Crippen LogP contribution in [0, 0.1) is 0 Å². The Hall–Kier alpha value is -3.42. The Balaban J connectivity index is 1.93. The first-order valence-electron chi connectivity index (χ1n) is 7.14. The highest BCUT2D eigenvalue weighted by molar-refractivity contribution is 6.09. The van der Waals surface area contributed by atoms with Gasteiger partial charge in [-0.3, -0.25) is 9.59 Å². The molecular weight excluding hydrogens is 312 g/mol. The van der Waals surface area contributed by atoms with Crippen LogP contribution in [0.1, 0.15) is 16.9 Å². The first-order valence-corrected chi connectivity index (χ1v) is 7.14. The molecule has 2 heterocycles. The van der Waals surface area contributed by atoms with Gasteiger partial charge in [-0.05, 0) is 12.1 Å². The lowest BCUT2D eigenvalue weighted by Crippen LogP contribution is -2.43. The van der Waals surface area contributed by atoms with Crippen LogP contribution in [0.2, 0.25) is 0 Å². The van der Waals surface area contributed by atoms with Crippen LogP contribution >= 0.6 is 0 Å². The molecule has 0 radical (unpaired) electrons. The predicted octanol–water partition coefficient (Wildman–Crippen LogP) is 0.774. The van der Waals surface area contributed by atoms with E-state index < -0.39 is 30.2 Å². The summed E-state index contributed by atoms with van der Waals surface area (Å²) in [5.74, 6) is -2.84. The lowest BCUT2D eigenvalue weighted by Gasteiger charge is -2.12. The van der Waals surface area contributed by atoms with Crippen molar-refractivity contribution in [2.24, 2.45) is 5.73 Å². The number of fused-ring (bicyclic) bond motifs is 3. The minimum atomic E-state index is -1.39. The number of hydrogen-bond acceptors (Lipinski definition) is 4. The molecule has 8 heteroatoms. The molecule has 0 aliphatic carbocycles. The van der Waals surface area contributed by atoms with Crippen LogP contribution in [-0.4, -0.2) is 38.9 Å². The Bertz CT molecular complexity index is 963. The van der Waals surface area contributed by atoms with Crippen LogP contribution in [0.3, 0.4) is 0 Å². The SMILES string of the molecule is NC(=O)CC(NC(=O)c1cc2c(cn1)[nH]c1ccccc12)C(=O)O. The molecule has 0 fully saturated rings. The maximum Gasteiger partial charge on any atom is 0.326 e. The second-order valence-electron chi connectivity index (χ2n) is 5.32. The van der Waals surface area contributed by atoms with E-state index in [1.165, 1.54) is 6.20 Å². The van der Waals surface area contributed by atoms with Crippen molar-refractivity contribution in [3.8, 4) is 0 Å². The van der Waals surface area contributed by atoms with Gasteiger partial charge in [0.25, 0.3) is 5.91 Å². The molecule has 2 aromatic heterocycles. The van der Waals surface area contributed by atoms with Crippen molar-refractivity contribution < 1.29 is 19.5 Å². The number of nitrogens with two attached hydrogens (primary N) is 1. The van der Waals surface area contributed by atoms with Crippen LogP contribution in [0.25, 0.3) is 21.8 Å². The number of nitrogens with one attached hydrogen (secondary N) is 2. The van der Waals surface area contributed by atoms with Gasteiger partial charge in [0.15, 0.2) is 0 Å². The Kier molecular flexibility index (Phi) is 3.87. The average Bonchev–Trinajstić information content (AvgIpc) is 2.91. The summed E-state index contributed by atoms with van der Waals surface area (Å²) in [6.45, 7) is 0. The smallest absolute Gasteiger partial charge is 0.326 e. The van der Waals surface area contributed by atoms with Gasteiger partial charge >= 0.3 is 5.97 Å². The molecular formula is C16H14N4O4. The summed E-state index contributed by atoms with van der Waals surface area (Å²) in [5, 5.41) is 13.0. The summed E-state index contributed by atoms with van der Waals surface area (Å²) in [7, 11) is 0. The zero-order valence-corrected chi connectivity index (χ0v) is 12.4. The highest BCUT2D eigenvalue weighted by atomic mass is 16.4. The zero-order chi connectivity index (χ0) is 17.3. The minimum Gasteiger partial charge on any atom is -0.480 e. The number of aliphatic carboxylic acids is 1. The largest absolute Gasteiger partial charge is 0.480 e. The third-order valence-corrected chi connectivity index (χ3v) is 3.63. The molecule has 3 aromatic rings. The number of aromatic nitrogens is 2. The van der Waals surface area contributed by atoms with E-state index in [0.717, 1.165) is 21.8 Å². The van der Waals surface area contributed by atoms with Gasteiger partial charge in [0.1, 0.15) is 11.7 Å². The van der Waals surface area contributed by atoms with E-state index >= 15 is 0 Å². The Morgan fingerprint density at radius 2 is 1.96 bits per heavy atom. The fourth-order valence-corrected chi connectivity index (χ4v) is 2.51. The van der Waals surface area contributed by atoms with Crippen LogP contribution in [0.5, 0.6) is 0 Å². The van der Waals surface area contributed by atoms with Crippen molar-refractivity contribution in [3.63, 3.8) is 0 Å². The second kappa shape index (κ2) is 5.99. The first-order chi connectivity index (χ1) is 11.5. The number of carboxylic acid groups (broad SMARTS) is 1. The van der Waals surface area contributed by atoms with E-state index in [1.807, 2.05) is 24.3 Å². The number of amides is 2. The molecule has 1 unspecified atom stereocenters. The van der Waals surface area contributed by atoms with Crippen LogP contribution in [0.4, 0.5) is 0 Å². The van der Waals surface area contributed by atoms with Crippen LogP contribution < -0.4 is 11.1 Å². The average molecular weight is 326 g/mol. The molecule has 0 aliphatic heterocycles. The highest BCUT2D eigenvalue weighted by Crippen LogP contribution is 2.24. The van der Waals surface area contributed by atoms with Crippen molar-refractivity contribution in [1.29, 1.82) is 0 Å². The normalized spacial score (nSPS) is 12.2. The number of benzene rings is 1. The summed E-state index contributed by atoms with van der Waals surface area (Å²) < 4.78 is 0. The number of carbonyl (C=O) groups excluding carboxylic acids is 2. The fraction of sp³-hybridized carbons (Fsp3) is 0.125. The molecule has 3 rings (SSSR count). The number of rotatable bonds is 5. The maximum absolute atomic E-state index is 12.2. The number of hydrogen-bond donors (Lipinski definition) is 4. The Morgan fingerprint density at radius 3 is 2.67 bits per heavy atom. The third-order valence-electron chi connectivity index (χ3n) is 3.63. The number of para-hydroxylation sites is 1. The molecule has 8 nitrogen and oxygen atoms in total. The van der Waals surface area contributed by atoms with E-state index in [4.69, 9.17) is 10.8 Å². The van der Waals surface area contributed by atoms with E-state index in [0.29, 0.717) is 0 Å². The van der Waals surface area contributed by atoms with Crippen molar-refractivity contribution in [3.05, 3.63) is 42.2 Å². The standard InChI is InChI=1S/C16H14N4O4/c17-14(21)6-12(16(23)24)20-15(22)11-5-9-8-3-1-2-4-10(8)19-13(9)7-18-11/h1-5,7,12,19H,6H2,(H2,17,21)(H,20,22)(H,23,24). The van der Waals surface area contributed by atoms with E-state index in [9.17, 15) is 14.4 Å². The maximum atomic E-state index is 12.2. The van der Waals surface area contributed by atoms with Gasteiger partial charge in [0, 0.05) is 16.3 Å². The lowest BCUT2D eigenvalue weighted by atomic mass is 10.1. The van der Waals surface area contributed by atoms with Gasteiger partial charge in [0.05, 0.1) is 18.1 Å². The Labute approximate surface area is 135 Å². The molecule has 5 N–H and O–H groups in total. The number of primary amides is 1. The molecule has 1 atom stereocenters. The summed E-state index contributed by atoms with van der Waals surface area (Å²) in [4.78, 5) is 41.5. The van der Waals surface area contributed by atoms with Gasteiger partial charge < -0.3 is 21.1 Å². The van der Waals surface area contributed by atoms with Gasteiger partial charge in [-0.1, -0.05) is 18.2 Å². The lowest BCUT2D eigenvalue weighted by molar-refractivity contribution is -0.140. The highest BCUT2D eigenvalue weighted by Gasteiger charge is 2.23. The van der Waals surface area contributed by atoms with Crippen molar-refractivity contribution in [2.75, 3.05) is 0 Å². The number of pyridine rings is 1. The number of nitrogens with zero attached hydrogens (tertiary/aromatic N) is 1. The van der Waals surface area contributed by atoms with Gasteiger partial charge in [-0.25, -0.2) is 9.78 Å². The summed E-state index contributed by atoms with van der Waals surface area (Å²) >= 11 is 0. The molecule has 1 aromatic carbocycles. The van der Waals surface area contributed by atoms with Crippen molar-refractivity contribution in [1.82, 2.24) is 15.3 Å². The monoisotopic (exact) mass is 326 g/mol. The Morgan fingerprint density at radius 1 is 1.21 bits per heavy atom. The zero-order valence-electron chi connectivity index (χ0n) is 12.4. The molecule has 0 saturated carbocycles. The summed E-state index contributed by atoms with van der Waals surface area (Å²) in [5.41, 5.74) is 6.72. The van der Waals surface area contributed by atoms with Gasteiger partial charge in [0.2, 0.25) is 5.91 Å². The van der Waals surface area contributed by atoms with Crippen molar-refractivity contribution >= 4 is 39.6 Å². The molecule has 2 amide bonds. The van der Waals surface area contributed by atoms with Crippen LogP contribution in [0.15, 0.2) is 36.5 Å². The fourth-order valence-electron chi connectivity index (χ4n) is 2.51. The minimum absolute atomic E-state index is 0.0583. The number of carbonyl (C=O) groups is 3. The molecule has 24 heavy (non-hydrogen) atoms. The summed E-state index contributed by atoms with van der Waals surface area (Å²) in [6.07, 6.45) is 1.02. The predicted molar refractivity (Wildman–Crippen MR) is 86.3 cm³/mol.